The van der Waals surface area contributed by atoms with E-state index in [1.807, 2.05) is 0 Å². The van der Waals surface area contributed by atoms with Crippen LogP contribution in [0.4, 0.5) is 0 Å². The van der Waals surface area contributed by atoms with E-state index in [0.29, 0.717) is 13.2 Å². The van der Waals surface area contributed by atoms with Crippen molar-refractivity contribution >= 4 is 0 Å². The van der Waals surface area contributed by atoms with Crippen molar-refractivity contribution in [1.82, 2.24) is 0 Å². The minimum absolute atomic E-state index is 0.0827. The maximum Gasteiger partial charge on any atom is 0.0700 e. The van der Waals surface area contributed by atoms with Crippen LogP contribution in [0.3, 0.4) is 0 Å². The first-order chi connectivity index (χ1) is 7.18. The fraction of sp³-hybridized carbons (Fsp3) is 1.00. The third kappa shape index (κ3) is 7.77. The molecule has 15 heavy (non-hydrogen) atoms. The molecule has 0 aliphatic rings. The van der Waals surface area contributed by atoms with E-state index in [4.69, 9.17) is 9.47 Å². The summed E-state index contributed by atoms with van der Waals surface area (Å²) in [6.07, 6.45) is 4.26. The number of rotatable bonds is 10. The zero-order valence-corrected chi connectivity index (χ0v) is 10.4. The van der Waals surface area contributed by atoms with E-state index < -0.39 is 0 Å². The molecular formula is C12H26O3. The van der Waals surface area contributed by atoms with Gasteiger partial charge in [-0.2, -0.15) is 0 Å². The van der Waals surface area contributed by atoms with Gasteiger partial charge in [0, 0.05) is 20.3 Å². The summed E-state index contributed by atoms with van der Waals surface area (Å²) in [6, 6.07) is 0. The van der Waals surface area contributed by atoms with E-state index in [-0.39, 0.29) is 12.0 Å². The van der Waals surface area contributed by atoms with Crippen molar-refractivity contribution in [2.24, 2.45) is 5.41 Å². The molecule has 0 spiro atoms. The molecule has 0 saturated heterocycles. The highest BCUT2D eigenvalue weighted by molar-refractivity contribution is 4.72. The molecule has 0 aliphatic heterocycles. The molecule has 0 radical (unpaired) electrons. The molecule has 1 N–H and O–H groups in total. The molecule has 0 amide bonds. The Hall–Kier alpha value is -0.120. The van der Waals surface area contributed by atoms with Gasteiger partial charge in [0.1, 0.15) is 0 Å². The molecule has 0 aliphatic carbocycles. The number of hydrogen-bond donors (Lipinski definition) is 1. The number of aliphatic hydroxyl groups excluding tert-OH is 1. The minimum atomic E-state index is 0.0827. The van der Waals surface area contributed by atoms with Crippen molar-refractivity contribution in [3.05, 3.63) is 0 Å². The Morgan fingerprint density at radius 2 is 1.87 bits per heavy atom. The van der Waals surface area contributed by atoms with Crippen molar-refractivity contribution in [2.75, 3.05) is 33.5 Å². The summed E-state index contributed by atoms with van der Waals surface area (Å²) in [4.78, 5) is 0. The lowest BCUT2D eigenvalue weighted by atomic mass is 9.82. The molecule has 1 atom stereocenters. The number of methoxy groups -OCH3 is 1. The van der Waals surface area contributed by atoms with Crippen LogP contribution in [-0.4, -0.2) is 38.6 Å². The first-order valence-electron chi connectivity index (χ1n) is 5.86. The SMILES string of the molecule is CCCC(C)(CO)CCCOCCOC. The second-order valence-corrected chi connectivity index (χ2v) is 4.43. The predicted octanol–water partition coefficient (Wildman–Crippen LogP) is 2.23. The zero-order chi connectivity index (χ0) is 11.6. The van der Waals surface area contributed by atoms with E-state index >= 15 is 0 Å². The highest BCUT2D eigenvalue weighted by atomic mass is 16.5. The molecule has 0 fully saturated rings. The summed E-state index contributed by atoms with van der Waals surface area (Å²) in [5.41, 5.74) is 0.0827. The average Bonchev–Trinajstić information content (AvgIpc) is 2.24. The van der Waals surface area contributed by atoms with Crippen molar-refractivity contribution in [3.8, 4) is 0 Å². The largest absolute Gasteiger partial charge is 0.396 e. The van der Waals surface area contributed by atoms with Gasteiger partial charge in [0.15, 0.2) is 0 Å². The molecule has 0 rings (SSSR count). The Balaban J connectivity index is 3.46. The molecule has 3 nitrogen and oxygen atoms in total. The van der Waals surface area contributed by atoms with Gasteiger partial charge in [-0.3, -0.25) is 0 Å². The molecule has 0 aromatic rings. The molecule has 0 heterocycles. The lowest BCUT2D eigenvalue weighted by molar-refractivity contribution is 0.0564. The Kier molecular flexibility index (Phi) is 9.06. The van der Waals surface area contributed by atoms with Crippen molar-refractivity contribution in [1.29, 1.82) is 0 Å². The van der Waals surface area contributed by atoms with Gasteiger partial charge in [0.05, 0.1) is 13.2 Å². The topological polar surface area (TPSA) is 38.7 Å². The van der Waals surface area contributed by atoms with Crippen LogP contribution in [-0.2, 0) is 9.47 Å². The maximum atomic E-state index is 9.30. The highest BCUT2D eigenvalue weighted by Gasteiger charge is 2.21. The second-order valence-electron chi connectivity index (χ2n) is 4.43. The number of hydrogen-bond acceptors (Lipinski definition) is 3. The lowest BCUT2D eigenvalue weighted by Crippen LogP contribution is -2.21. The third-order valence-corrected chi connectivity index (χ3v) is 2.74. The van der Waals surface area contributed by atoms with Crippen molar-refractivity contribution in [3.63, 3.8) is 0 Å². The van der Waals surface area contributed by atoms with Crippen LogP contribution >= 0.6 is 0 Å². The first-order valence-corrected chi connectivity index (χ1v) is 5.86. The lowest BCUT2D eigenvalue weighted by Gasteiger charge is -2.26. The van der Waals surface area contributed by atoms with Gasteiger partial charge in [-0.25, -0.2) is 0 Å². The summed E-state index contributed by atoms with van der Waals surface area (Å²) in [5.74, 6) is 0. The maximum absolute atomic E-state index is 9.30. The van der Waals surface area contributed by atoms with E-state index in [1.165, 1.54) is 0 Å². The van der Waals surface area contributed by atoms with E-state index in [0.717, 1.165) is 32.3 Å². The molecule has 3 heteroatoms. The fourth-order valence-electron chi connectivity index (χ4n) is 1.73. The average molecular weight is 218 g/mol. The predicted molar refractivity (Wildman–Crippen MR) is 62.0 cm³/mol. The van der Waals surface area contributed by atoms with Crippen LogP contribution in [0.5, 0.6) is 0 Å². The standard InChI is InChI=1S/C12H26O3/c1-4-6-12(2,11-13)7-5-8-15-10-9-14-3/h13H,4-11H2,1-3H3. The summed E-state index contributed by atoms with van der Waals surface area (Å²) in [6.45, 7) is 6.67. The van der Waals surface area contributed by atoms with Gasteiger partial charge in [-0.1, -0.05) is 20.3 Å². The van der Waals surface area contributed by atoms with Crippen LogP contribution in [0.2, 0.25) is 0 Å². The molecule has 0 aromatic carbocycles. The third-order valence-electron chi connectivity index (χ3n) is 2.74. The Labute approximate surface area is 93.8 Å². The van der Waals surface area contributed by atoms with E-state index in [1.54, 1.807) is 7.11 Å². The summed E-state index contributed by atoms with van der Waals surface area (Å²) >= 11 is 0. The molecule has 0 saturated carbocycles. The molecule has 92 valence electrons. The zero-order valence-electron chi connectivity index (χ0n) is 10.4. The van der Waals surface area contributed by atoms with Gasteiger partial charge in [-0.15, -0.1) is 0 Å². The monoisotopic (exact) mass is 218 g/mol. The summed E-state index contributed by atoms with van der Waals surface area (Å²) < 4.78 is 10.3. The first kappa shape index (κ1) is 14.9. The second kappa shape index (κ2) is 9.13. The van der Waals surface area contributed by atoms with Gasteiger partial charge >= 0.3 is 0 Å². The number of aliphatic hydroxyl groups is 1. The van der Waals surface area contributed by atoms with Crippen LogP contribution < -0.4 is 0 Å². The van der Waals surface area contributed by atoms with Crippen molar-refractivity contribution < 1.29 is 14.6 Å². The quantitative estimate of drug-likeness (QED) is 0.571. The van der Waals surface area contributed by atoms with Gasteiger partial charge in [0.2, 0.25) is 0 Å². The van der Waals surface area contributed by atoms with E-state index in [2.05, 4.69) is 13.8 Å². The van der Waals surface area contributed by atoms with Crippen LogP contribution in [0.25, 0.3) is 0 Å². The minimum Gasteiger partial charge on any atom is -0.396 e. The molecular weight excluding hydrogens is 192 g/mol. The fourth-order valence-corrected chi connectivity index (χ4v) is 1.73. The van der Waals surface area contributed by atoms with Crippen LogP contribution in [0.1, 0.15) is 39.5 Å². The Morgan fingerprint density at radius 1 is 1.13 bits per heavy atom. The Bertz CT molecular complexity index is 139. The summed E-state index contributed by atoms with van der Waals surface area (Å²) in [5, 5.41) is 9.30. The number of ether oxygens (including phenoxy) is 2. The normalized spacial score (nSPS) is 15.2. The van der Waals surface area contributed by atoms with Gasteiger partial charge < -0.3 is 14.6 Å². The van der Waals surface area contributed by atoms with Crippen LogP contribution in [0, 0.1) is 5.41 Å². The Morgan fingerprint density at radius 3 is 2.40 bits per heavy atom. The van der Waals surface area contributed by atoms with Crippen molar-refractivity contribution in [2.45, 2.75) is 39.5 Å². The molecule has 0 bridgehead atoms. The smallest absolute Gasteiger partial charge is 0.0700 e. The summed E-state index contributed by atoms with van der Waals surface area (Å²) in [7, 11) is 1.67. The molecule has 1 unspecified atom stereocenters. The molecule has 0 aromatic heterocycles. The van der Waals surface area contributed by atoms with Gasteiger partial charge in [0.25, 0.3) is 0 Å². The highest BCUT2D eigenvalue weighted by Crippen LogP contribution is 2.28. The van der Waals surface area contributed by atoms with Gasteiger partial charge in [-0.05, 0) is 24.7 Å². The van der Waals surface area contributed by atoms with E-state index in [9.17, 15) is 5.11 Å². The van der Waals surface area contributed by atoms with Crippen LogP contribution in [0.15, 0.2) is 0 Å².